The van der Waals surface area contributed by atoms with E-state index in [1.54, 1.807) is 19.2 Å². The summed E-state index contributed by atoms with van der Waals surface area (Å²) in [6.07, 6.45) is 0. The first kappa shape index (κ1) is 14.5. The minimum absolute atomic E-state index is 0.0522. The maximum atomic E-state index is 10.6. The standard InChI is InChI=1S/C15H15N3O3/c1-11(12-3-9-15(21-2)10-4-12)16-17-13-5-7-14(8-6-13)18(19)20/h3-10,17H,1-2H3. The zero-order chi connectivity index (χ0) is 15.2. The Labute approximate surface area is 122 Å². The van der Waals surface area contributed by atoms with E-state index >= 15 is 0 Å². The van der Waals surface area contributed by atoms with E-state index in [9.17, 15) is 10.1 Å². The van der Waals surface area contributed by atoms with E-state index in [0.717, 1.165) is 17.0 Å². The molecule has 21 heavy (non-hydrogen) atoms. The molecule has 0 atom stereocenters. The summed E-state index contributed by atoms with van der Waals surface area (Å²) >= 11 is 0. The minimum Gasteiger partial charge on any atom is -0.497 e. The van der Waals surface area contributed by atoms with E-state index in [1.165, 1.54) is 12.1 Å². The Morgan fingerprint density at radius 2 is 1.76 bits per heavy atom. The minimum atomic E-state index is -0.435. The molecule has 0 aliphatic heterocycles. The molecule has 0 bridgehead atoms. The Bertz CT molecular complexity index is 649. The molecule has 6 heteroatoms. The van der Waals surface area contributed by atoms with Crippen molar-refractivity contribution in [1.82, 2.24) is 0 Å². The molecule has 0 aromatic heterocycles. The van der Waals surface area contributed by atoms with Gasteiger partial charge in [-0.05, 0) is 48.9 Å². The quantitative estimate of drug-likeness (QED) is 0.518. The number of nitrogens with zero attached hydrogens (tertiary/aromatic N) is 2. The Hall–Kier alpha value is -2.89. The van der Waals surface area contributed by atoms with Gasteiger partial charge in [0.25, 0.3) is 5.69 Å². The summed E-state index contributed by atoms with van der Waals surface area (Å²) < 4.78 is 5.10. The summed E-state index contributed by atoms with van der Waals surface area (Å²) in [6, 6.07) is 13.6. The fourth-order valence-corrected chi connectivity index (χ4v) is 1.70. The van der Waals surface area contributed by atoms with Crippen LogP contribution in [0.15, 0.2) is 53.6 Å². The second-order valence-corrected chi connectivity index (χ2v) is 4.34. The van der Waals surface area contributed by atoms with Gasteiger partial charge < -0.3 is 4.74 Å². The molecule has 0 fully saturated rings. The van der Waals surface area contributed by atoms with Crippen molar-refractivity contribution in [2.45, 2.75) is 6.92 Å². The third kappa shape index (κ3) is 3.79. The van der Waals surface area contributed by atoms with Gasteiger partial charge in [-0.1, -0.05) is 0 Å². The summed E-state index contributed by atoms with van der Waals surface area (Å²) in [6.45, 7) is 1.88. The first-order valence-corrected chi connectivity index (χ1v) is 6.29. The van der Waals surface area contributed by atoms with Crippen molar-refractivity contribution < 1.29 is 9.66 Å². The highest BCUT2D eigenvalue weighted by Crippen LogP contribution is 2.16. The lowest BCUT2D eigenvalue weighted by molar-refractivity contribution is -0.384. The molecule has 0 heterocycles. The number of nitro groups is 1. The van der Waals surface area contributed by atoms with Crippen LogP contribution in [0.4, 0.5) is 11.4 Å². The number of methoxy groups -OCH3 is 1. The molecule has 0 saturated carbocycles. The van der Waals surface area contributed by atoms with E-state index in [2.05, 4.69) is 10.5 Å². The normalized spacial score (nSPS) is 11.0. The van der Waals surface area contributed by atoms with Crippen LogP contribution in [-0.2, 0) is 0 Å². The van der Waals surface area contributed by atoms with Crippen molar-refractivity contribution in [3.8, 4) is 5.75 Å². The molecule has 0 unspecified atom stereocenters. The molecule has 0 spiro atoms. The molecular weight excluding hydrogens is 270 g/mol. The van der Waals surface area contributed by atoms with Crippen molar-refractivity contribution in [2.75, 3.05) is 12.5 Å². The second kappa shape index (κ2) is 6.51. The van der Waals surface area contributed by atoms with Gasteiger partial charge >= 0.3 is 0 Å². The summed E-state index contributed by atoms with van der Waals surface area (Å²) in [5.41, 5.74) is 5.38. The smallest absolute Gasteiger partial charge is 0.269 e. The third-order valence-corrected chi connectivity index (χ3v) is 2.94. The largest absolute Gasteiger partial charge is 0.497 e. The van der Waals surface area contributed by atoms with Crippen LogP contribution in [0.25, 0.3) is 0 Å². The lowest BCUT2D eigenvalue weighted by Crippen LogP contribution is -1.99. The van der Waals surface area contributed by atoms with Gasteiger partial charge in [-0.2, -0.15) is 5.10 Å². The zero-order valence-electron chi connectivity index (χ0n) is 11.7. The lowest BCUT2D eigenvalue weighted by Gasteiger charge is -2.05. The molecule has 6 nitrogen and oxygen atoms in total. The van der Waals surface area contributed by atoms with E-state index in [-0.39, 0.29) is 5.69 Å². The van der Waals surface area contributed by atoms with Crippen LogP contribution >= 0.6 is 0 Å². The van der Waals surface area contributed by atoms with E-state index < -0.39 is 4.92 Å². The van der Waals surface area contributed by atoms with Crippen molar-refractivity contribution in [2.24, 2.45) is 5.10 Å². The van der Waals surface area contributed by atoms with Crippen LogP contribution in [0, 0.1) is 10.1 Å². The lowest BCUT2D eigenvalue weighted by atomic mass is 10.1. The van der Waals surface area contributed by atoms with Crippen LogP contribution in [0.3, 0.4) is 0 Å². The molecule has 0 saturated heterocycles. The summed E-state index contributed by atoms with van der Waals surface area (Å²) in [5.74, 6) is 0.787. The van der Waals surface area contributed by atoms with Crippen LogP contribution < -0.4 is 10.2 Å². The monoisotopic (exact) mass is 285 g/mol. The Kier molecular flexibility index (Phi) is 4.50. The molecular formula is C15H15N3O3. The van der Waals surface area contributed by atoms with Gasteiger partial charge in [-0.15, -0.1) is 0 Å². The average molecular weight is 285 g/mol. The van der Waals surface area contributed by atoms with Gasteiger partial charge in [0.2, 0.25) is 0 Å². The predicted octanol–water partition coefficient (Wildman–Crippen LogP) is 3.44. The van der Waals surface area contributed by atoms with Crippen molar-refractivity contribution >= 4 is 17.1 Å². The number of hydrogen-bond donors (Lipinski definition) is 1. The molecule has 0 radical (unpaired) electrons. The van der Waals surface area contributed by atoms with Crippen molar-refractivity contribution in [3.63, 3.8) is 0 Å². The topological polar surface area (TPSA) is 76.8 Å². The van der Waals surface area contributed by atoms with E-state index in [1.807, 2.05) is 31.2 Å². The number of anilines is 1. The number of rotatable bonds is 5. The van der Waals surface area contributed by atoms with Crippen LogP contribution in [0.1, 0.15) is 12.5 Å². The van der Waals surface area contributed by atoms with Gasteiger partial charge in [0.05, 0.1) is 23.4 Å². The first-order valence-electron chi connectivity index (χ1n) is 6.29. The van der Waals surface area contributed by atoms with Crippen LogP contribution in [-0.4, -0.2) is 17.7 Å². The van der Waals surface area contributed by atoms with Gasteiger partial charge in [-0.25, -0.2) is 0 Å². The maximum absolute atomic E-state index is 10.6. The summed E-state index contributed by atoms with van der Waals surface area (Å²) in [5, 5.41) is 14.8. The molecule has 2 rings (SSSR count). The van der Waals surface area contributed by atoms with Crippen LogP contribution in [0.2, 0.25) is 0 Å². The number of hydrazone groups is 1. The molecule has 2 aromatic carbocycles. The molecule has 2 aromatic rings. The number of nitrogens with one attached hydrogen (secondary N) is 1. The number of ether oxygens (including phenoxy) is 1. The van der Waals surface area contributed by atoms with Gasteiger partial charge in [0.15, 0.2) is 0 Å². The molecule has 0 amide bonds. The highest BCUT2D eigenvalue weighted by atomic mass is 16.6. The highest BCUT2D eigenvalue weighted by molar-refractivity contribution is 5.99. The summed E-state index contributed by atoms with van der Waals surface area (Å²) in [4.78, 5) is 10.1. The zero-order valence-corrected chi connectivity index (χ0v) is 11.7. The number of benzene rings is 2. The highest BCUT2D eigenvalue weighted by Gasteiger charge is 2.03. The Morgan fingerprint density at radius 3 is 2.29 bits per heavy atom. The third-order valence-electron chi connectivity index (χ3n) is 2.94. The first-order chi connectivity index (χ1) is 10.1. The average Bonchev–Trinajstić information content (AvgIpc) is 2.53. The SMILES string of the molecule is COc1ccc(C(C)=NNc2ccc([N+](=O)[O-])cc2)cc1. The van der Waals surface area contributed by atoms with Gasteiger partial charge in [0.1, 0.15) is 5.75 Å². The van der Waals surface area contributed by atoms with Gasteiger partial charge in [0, 0.05) is 12.1 Å². The maximum Gasteiger partial charge on any atom is 0.269 e. The van der Waals surface area contributed by atoms with Gasteiger partial charge in [-0.3, -0.25) is 15.5 Å². The predicted molar refractivity (Wildman–Crippen MR) is 81.9 cm³/mol. The fourth-order valence-electron chi connectivity index (χ4n) is 1.70. The molecule has 0 aliphatic rings. The molecule has 1 N–H and O–H groups in total. The summed E-state index contributed by atoms with van der Waals surface area (Å²) in [7, 11) is 1.62. The molecule has 108 valence electrons. The number of nitro benzene ring substituents is 1. The fraction of sp³-hybridized carbons (Fsp3) is 0.133. The van der Waals surface area contributed by atoms with E-state index in [0.29, 0.717) is 5.69 Å². The second-order valence-electron chi connectivity index (χ2n) is 4.34. The van der Waals surface area contributed by atoms with Crippen molar-refractivity contribution in [3.05, 3.63) is 64.2 Å². The molecule has 0 aliphatic carbocycles. The number of non-ortho nitro benzene ring substituents is 1. The van der Waals surface area contributed by atoms with E-state index in [4.69, 9.17) is 4.74 Å². The Balaban J connectivity index is 2.06. The van der Waals surface area contributed by atoms with Crippen LogP contribution in [0.5, 0.6) is 5.75 Å². The van der Waals surface area contributed by atoms with Crippen molar-refractivity contribution in [1.29, 1.82) is 0 Å². The Morgan fingerprint density at radius 1 is 1.14 bits per heavy atom. The number of hydrogen-bond acceptors (Lipinski definition) is 5.